The zero-order valence-corrected chi connectivity index (χ0v) is 13.7. The number of H-pyrrole nitrogens is 1. The first kappa shape index (κ1) is 15.1. The summed E-state index contributed by atoms with van der Waals surface area (Å²) < 4.78 is 0. The summed E-state index contributed by atoms with van der Waals surface area (Å²) in [6.07, 6.45) is 4.00. The van der Waals surface area contributed by atoms with Gasteiger partial charge in [-0.2, -0.15) is 10.1 Å². The lowest BCUT2D eigenvalue weighted by Gasteiger charge is -2.10. The van der Waals surface area contributed by atoms with Gasteiger partial charge in [-0.15, -0.1) is 0 Å². The maximum Gasteiger partial charge on any atom is 0.236 e. The third-order valence-electron chi connectivity index (χ3n) is 4.13. The van der Waals surface area contributed by atoms with Crippen LogP contribution in [0.5, 0.6) is 0 Å². The number of benzene rings is 2. The summed E-state index contributed by atoms with van der Waals surface area (Å²) >= 11 is 0. The largest absolute Gasteiger partial charge is 0.351 e. The summed E-state index contributed by atoms with van der Waals surface area (Å²) in [6.45, 7) is 2.03. The van der Waals surface area contributed by atoms with Gasteiger partial charge in [0.15, 0.2) is 5.82 Å². The van der Waals surface area contributed by atoms with Crippen molar-refractivity contribution in [1.82, 2.24) is 9.97 Å². The molecule has 0 atom stereocenters. The molecule has 1 amide bonds. The first-order valence-electron chi connectivity index (χ1n) is 7.97. The Balaban J connectivity index is 1.78. The van der Waals surface area contributed by atoms with E-state index in [1.165, 1.54) is 10.6 Å². The number of amides is 1. The minimum Gasteiger partial charge on any atom is -0.351 e. The van der Waals surface area contributed by atoms with Crippen molar-refractivity contribution in [3.05, 3.63) is 71.9 Å². The second-order valence-corrected chi connectivity index (χ2v) is 5.83. The molecule has 122 valence electrons. The van der Waals surface area contributed by atoms with Gasteiger partial charge in [-0.1, -0.05) is 48.0 Å². The molecule has 5 nitrogen and oxygen atoms in total. The zero-order chi connectivity index (χ0) is 17.2. The van der Waals surface area contributed by atoms with Gasteiger partial charge in [0.25, 0.3) is 0 Å². The fourth-order valence-electron chi connectivity index (χ4n) is 2.85. The molecule has 5 heteroatoms. The Morgan fingerprint density at radius 3 is 2.64 bits per heavy atom. The SMILES string of the molecule is Cc1ccc(C=NN(C=O)c2nccc3c2[nH]c2ccccc23)cc1. The van der Waals surface area contributed by atoms with Crippen LogP contribution in [-0.2, 0) is 4.79 Å². The van der Waals surface area contributed by atoms with E-state index >= 15 is 0 Å². The highest BCUT2D eigenvalue weighted by Gasteiger charge is 2.13. The van der Waals surface area contributed by atoms with Crippen LogP contribution in [0.4, 0.5) is 5.82 Å². The highest BCUT2D eigenvalue weighted by Crippen LogP contribution is 2.30. The number of pyridine rings is 1. The number of hydrogen-bond donors (Lipinski definition) is 1. The molecule has 4 rings (SSSR count). The van der Waals surface area contributed by atoms with Crippen LogP contribution in [0.3, 0.4) is 0 Å². The van der Waals surface area contributed by atoms with Crippen LogP contribution in [0.25, 0.3) is 21.8 Å². The quantitative estimate of drug-likeness (QED) is 0.349. The molecular weight excluding hydrogens is 312 g/mol. The molecule has 0 saturated carbocycles. The molecule has 0 radical (unpaired) electrons. The first-order valence-corrected chi connectivity index (χ1v) is 7.97. The molecule has 0 unspecified atom stereocenters. The van der Waals surface area contributed by atoms with Crippen molar-refractivity contribution in [2.24, 2.45) is 5.10 Å². The molecule has 0 aliphatic carbocycles. The van der Waals surface area contributed by atoms with Crippen molar-refractivity contribution in [3.63, 3.8) is 0 Å². The molecule has 4 aromatic rings. The van der Waals surface area contributed by atoms with Crippen LogP contribution in [0.2, 0.25) is 0 Å². The molecule has 25 heavy (non-hydrogen) atoms. The zero-order valence-electron chi connectivity index (χ0n) is 13.7. The van der Waals surface area contributed by atoms with E-state index in [-0.39, 0.29) is 0 Å². The van der Waals surface area contributed by atoms with Gasteiger partial charge in [-0.3, -0.25) is 4.79 Å². The van der Waals surface area contributed by atoms with Gasteiger partial charge in [0.05, 0.1) is 11.7 Å². The smallest absolute Gasteiger partial charge is 0.236 e. The van der Waals surface area contributed by atoms with Gasteiger partial charge in [0, 0.05) is 22.5 Å². The Labute approximate surface area is 144 Å². The Hall–Kier alpha value is -3.47. The fraction of sp³-hybridized carbons (Fsp3) is 0.0500. The normalized spacial score (nSPS) is 11.4. The Kier molecular flexibility index (Phi) is 3.74. The molecular formula is C20H16N4O. The topological polar surface area (TPSA) is 61.4 Å². The van der Waals surface area contributed by atoms with E-state index in [9.17, 15) is 4.79 Å². The van der Waals surface area contributed by atoms with Crippen LogP contribution in [0.15, 0.2) is 65.9 Å². The number of nitrogens with zero attached hydrogens (tertiary/aromatic N) is 3. The Morgan fingerprint density at radius 2 is 1.84 bits per heavy atom. The number of aromatic amines is 1. The monoisotopic (exact) mass is 328 g/mol. The predicted molar refractivity (Wildman–Crippen MR) is 101 cm³/mol. The number of anilines is 1. The van der Waals surface area contributed by atoms with Crippen molar-refractivity contribution in [3.8, 4) is 0 Å². The predicted octanol–water partition coefficient (Wildman–Crippen LogP) is 4.02. The summed E-state index contributed by atoms with van der Waals surface area (Å²) in [7, 11) is 0. The highest BCUT2D eigenvalue weighted by atomic mass is 16.1. The molecule has 0 spiro atoms. The van der Waals surface area contributed by atoms with E-state index in [0.717, 1.165) is 27.4 Å². The number of aromatic nitrogens is 2. The second-order valence-electron chi connectivity index (χ2n) is 5.83. The lowest BCUT2D eigenvalue weighted by molar-refractivity contribution is -0.107. The molecule has 2 aromatic carbocycles. The molecule has 2 heterocycles. The number of hydrogen-bond acceptors (Lipinski definition) is 3. The molecule has 0 fully saturated rings. The summed E-state index contributed by atoms with van der Waals surface area (Å²) in [4.78, 5) is 19.3. The molecule has 0 bridgehead atoms. The average molecular weight is 328 g/mol. The number of fused-ring (bicyclic) bond motifs is 3. The van der Waals surface area contributed by atoms with Crippen molar-refractivity contribution in [1.29, 1.82) is 0 Å². The van der Waals surface area contributed by atoms with Crippen LogP contribution < -0.4 is 5.01 Å². The molecule has 0 aliphatic heterocycles. The van der Waals surface area contributed by atoms with Gasteiger partial charge in [-0.05, 0) is 24.6 Å². The minimum absolute atomic E-state index is 0.479. The Bertz CT molecular complexity index is 1080. The number of para-hydroxylation sites is 1. The standard InChI is InChI=1S/C20H16N4O/c1-14-6-8-15(9-7-14)12-22-24(13-25)20-19-17(10-11-21-20)16-4-2-3-5-18(16)23-19/h2-13,23H,1H3. The highest BCUT2D eigenvalue weighted by molar-refractivity contribution is 6.11. The number of carbonyl (C=O) groups is 1. The second kappa shape index (κ2) is 6.20. The van der Waals surface area contributed by atoms with Gasteiger partial charge in [0.1, 0.15) is 0 Å². The summed E-state index contributed by atoms with van der Waals surface area (Å²) in [5, 5.41) is 7.64. The van der Waals surface area contributed by atoms with E-state index in [1.807, 2.05) is 61.5 Å². The average Bonchev–Trinajstić information content (AvgIpc) is 3.03. The minimum atomic E-state index is 0.479. The summed E-state index contributed by atoms with van der Waals surface area (Å²) in [5.41, 5.74) is 3.88. The number of aryl methyl sites for hydroxylation is 1. The van der Waals surface area contributed by atoms with E-state index in [4.69, 9.17) is 0 Å². The van der Waals surface area contributed by atoms with E-state index < -0.39 is 0 Å². The lowest BCUT2D eigenvalue weighted by atomic mass is 10.2. The fourth-order valence-corrected chi connectivity index (χ4v) is 2.85. The molecule has 0 saturated heterocycles. The van der Waals surface area contributed by atoms with Gasteiger partial charge in [-0.25, -0.2) is 4.98 Å². The van der Waals surface area contributed by atoms with E-state index in [2.05, 4.69) is 15.1 Å². The first-order chi connectivity index (χ1) is 12.3. The molecule has 1 N–H and O–H groups in total. The maximum atomic E-state index is 11.6. The third-order valence-corrected chi connectivity index (χ3v) is 4.13. The van der Waals surface area contributed by atoms with Gasteiger partial charge < -0.3 is 4.98 Å². The van der Waals surface area contributed by atoms with Crippen LogP contribution in [-0.4, -0.2) is 22.6 Å². The molecule has 2 aromatic heterocycles. The number of carbonyl (C=O) groups excluding carboxylic acids is 1. The van der Waals surface area contributed by atoms with Crippen LogP contribution in [0, 0.1) is 6.92 Å². The van der Waals surface area contributed by atoms with E-state index in [0.29, 0.717) is 12.2 Å². The van der Waals surface area contributed by atoms with Crippen molar-refractivity contribution in [2.45, 2.75) is 6.92 Å². The number of nitrogens with one attached hydrogen (secondary N) is 1. The van der Waals surface area contributed by atoms with Crippen molar-refractivity contribution < 1.29 is 4.79 Å². The van der Waals surface area contributed by atoms with Gasteiger partial charge in [0.2, 0.25) is 6.41 Å². The maximum absolute atomic E-state index is 11.6. The third kappa shape index (κ3) is 2.76. The lowest BCUT2D eigenvalue weighted by Crippen LogP contribution is -2.15. The van der Waals surface area contributed by atoms with E-state index in [1.54, 1.807) is 12.4 Å². The van der Waals surface area contributed by atoms with Crippen molar-refractivity contribution >= 4 is 40.2 Å². The van der Waals surface area contributed by atoms with Crippen LogP contribution in [0.1, 0.15) is 11.1 Å². The molecule has 0 aliphatic rings. The summed E-state index contributed by atoms with van der Waals surface area (Å²) in [5.74, 6) is 0.479. The summed E-state index contributed by atoms with van der Waals surface area (Å²) in [6, 6.07) is 17.9. The number of hydrazone groups is 1. The Morgan fingerprint density at radius 1 is 1.04 bits per heavy atom. The number of rotatable bonds is 4. The van der Waals surface area contributed by atoms with Crippen LogP contribution >= 0.6 is 0 Å². The van der Waals surface area contributed by atoms with Crippen molar-refractivity contribution in [2.75, 3.05) is 5.01 Å². The van der Waals surface area contributed by atoms with Gasteiger partial charge >= 0.3 is 0 Å².